The summed E-state index contributed by atoms with van der Waals surface area (Å²) in [7, 11) is -2.19. The molecule has 102 valence electrons. The molecule has 0 fully saturated rings. The van der Waals surface area contributed by atoms with E-state index in [0.717, 1.165) is 21.2 Å². The molecule has 1 heterocycles. The van der Waals surface area contributed by atoms with Crippen LogP contribution in [0.5, 0.6) is 0 Å². The molecule has 1 aromatic heterocycles. The Kier molecular flexibility index (Phi) is 4.13. The third kappa shape index (κ3) is 2.91. The monoisotopic (exact) mass is 319 g/mol. The summed E-state index contributed by atoms with van der Waals surface area (Å²) in [5.41, 5.74) is 1.17. The highest BCUT2D eigenvalue weighted by Gasteiger charge is 2.23. The molecule has 0 unspecified atom stereocenters. The largest absolute Gasteiger partial charge is 0.273 e. The van der Waals surface area contributed by atoms with Gasteiger partial charge in [-0.05, 0) is 41.3 Å². The van der Waals surface area contributed by atoms with Gasteiger partial charge in [0.1, 0.15) is 10.0 Å². The molecule has 19 heavy (non-hydrogen) atoms. The lowest BCUT2D eigenvalue weighted by atomic mass is 10.3. The van der Waals surface area contributed by atoms with Crippen LogP contribution >= 0.6 is 22.9 Å². The van der Waals surface area contributed by atoms with Gasteiger partial charge in [0.2, 0.25) is 0 Å². The maximum Gasteiger partial charge on any atom is 0.273 e. The van der Waals surface area contributed by atoms with Crippen molar-refractivity contribution in [2.75, 3.05) is 11.4 Å². The highest BCUT2D eigenvalue weighted by atomic mass is 35.5. The second-order valence-corrected chi connectivity index (χ2v) is 7.23. The second-order valence-electron chi connectivity index (χ2n) is 3.86. The van der Waals surface area contributed by atoms with Crippen molar-refractivity contribution in [2.24, 2.45) is 0 Å². The fourth-order valence-corrected chi connectivity index (χ4v) is 4.30. The molecule has 7 heteroatoms. The van der Waals surface area contributed by atoms with E-state index in [1.807, 2.05) is 0 Å². The van der Waals surface area contributed by atoms with E-state index in [4.69, 9.17) is 11.6 Å². The minimum absolute atomic E-state index is 0.218. The maximum absolute atomic E-state index is 12.8. The van der Waals surface area contributed by atoms with Crippen LogP contribution in [0.25, 0.3) is 0 Å². The summed E-state index contributed by atoms with van der Waals surface area (Å²) in [4.78, 5) is 0. The van der Waals surface area contributed by atoms with Gasteiger partial charge in [0, 0.05) is 12.9 Å². The van der Waals surface area contributed by atoms with E-state index < -0.39 is 15.8 Å². The lowest BCUT2D eigenvalue weighted by Gasteiger charge is -2.18. The molecule has 0 aliphatic heterocycles. The van der Waals surface area contributed by atoms with Gasteiger partial charge in [0.05, 0.1) is 5.69 Å². The summed E-state index contributed by atoms with van der Waals surface area (Å²) in [5, 5.41) is 1.71. The van der Waals surface area contributed by atoms with Crippen LogP contribution in [0.1, 0.15) is 5.56 Å². The maximum atomic E-state index is 12.8. The van der Waals surface area contributed by atoms with Gasteiger partial charge in [-0.1, -0.05) is 0 Å². The van der Waals surface area contributed by atoms with Crippen molar-refractivity contribution >= 4 is 38.6 Å². The summed E-state index contributed by atoms with van der Waals surface area (Å²) in [6.45, 7) is 0. The fourth-order valence-electron chi connectivity index (χ4n) is 1.48. The van der Waals surface area contributed by atoms with E-state index >= 15 is 0 Å². The summed E-state index contributed by atoms with van der Waals surface area (Å²) >= 11 is 6.78. The molecular weight excluding hydrogens is 309 g/mol. The molecule has 0 bridgehead atoms. The molecule has 0 N–H and O–H groups in total. The standard InChI is InChI=1S/C12H11ClFNO2S2/c1-15(11-4-2-10(14)3-5-11)19(16,17)12-6-9(7-13)8-18-12/h2-6,8H,7H2,1H3. The van der Waals surface area contributed by atoms with Crippen LogP contribution in [0.2, 0.25) is 0 Å². The normalized spacial score (nSPS) is 11.5. The zero-order chi connectivity index (χ0) is 14.0. The first-order valence-electron chi connectivity index (χ1n) is 5.33. The molecule has 0 atom stereocenters. The van der Waals surface area contributed by atoms with E-state index in [0.29, 0.717) is 5.69 Å². The Morgan fingerprint density at radius 2 is 1.95 bits per heavy atom. The van der Waals surface area contributed by atoms with Gasteiger partial charge in [0.25, 0.3) is 10.0 Å². The molecular formula is C12H11ClFNO2S2. The molecule has 3 nitrogen and oxygen atoms in total. The number of alkyl halides is 1. The van der Waals surface area contributed by atoms with E-state index in [2.05, 4.69) is 0 Å². The van der Waals surface area contributed by atoms with E-state index in [9.17, 15) is 12.8 Å². The third-order valence-electron chi connectivity index (χ3n) is 2.59. The van der Waals surface area contributed by atoms with Gasteiger partial charge in [-0.2, -0.15) is 0 Å². The number of thiophene rings is 1. The highest BCUT2D eigenvalue weighted by molar-refractivity contribution is 7.94. The van der Waals surface area contributed by atoms with Crippen molar-refractivity contribution in [3.05, 3.63) is 47.1 Å². The van der Waals surface area contributed by atoms with Crippen LogP contribution in [-0.4, -0.2) is 15.5 Å². The Balaban J connectivity index is 2.36. The van der Waals surface area contributed by atoms with E-state index in [1.54, 1.807) is 11.4 Å². The van der Waals surface area contributed by atoms with Crippen LogP contribution in [0.4, 0.5) is 10.1 Å². The predicted molar refractivity (Wildman–Crippen MR) is 75.9 cm³/mol. The third-order valence-corrected chi connectivity index (χ3v) is 6.15. The van der Waals surface area contributed by atoms with Crippen LogP contribution < -0.4 is 4.31 Å². The van der Waals surface area contributed by atoms with Gasteiger partial charge < -0.3 is 0 Å². The number of halogens is 2. The Bertz CT molecular complexity index is 667. The highest BCUT2D eigenvalue weighted by Crippen LogP contribution is 2.27. The summed E-state index contributed by atoms with van der Waals surface area (Å²) in [6, 6.07) is 6.83. The predicted octanol–water partition coefficient (Wildman–Crippen LogP) is 3.45. The molecule has 0 spiro atoms. The zero-order valence-corrected chi connectivity index (χ0v) is 12.4. The molecule has 0 radical (unpaired) electrons. The molecule has 0 aliphatic carbocycles. The number of nitrogens with zero attached hydrogens (tertiary/aromatic N) is 1. The Hall–Kier alpha value is -1.11. The minimum Gasteiger partial charge on any atom is -0.269 e. The van der Waals surface area contributed by atoms with Crippen molar-refractivity contribution in [1.29, 1.82) is 0 Å². The molecule has 2 aromatic rings. The summed E-state index contributed by atoms with van der Waals surface area (Å²) < 4.78 is 38.9. The number of sulfonamides is 1. The molecule has 0 aliphatic rings. The van der Waals surface area contributed by atoms with Crippen LogP contribution in [0.15, 0.2) is 39.9 Å². The number of benzene rings is 1. The number of hydrogen-bond acceptors (Lipinski definition) is 3. The molecule has 0 amide bonds. The first-order valence-corrected chi connectivity index (χ1v) is 8.18. The average molecular weight is 320 g/mol. The fraction of sp³-hybridized carbons (Fsp3) is 0.167. The molecule has 2 rings (SSSR count). The van der Waals surface area contributed by atoms with E-state index in [-0.39, 0.29) is 10.1 Å². The quantitative estimate of drug-likeness (QED) is 0.809. The second kappa shape index (κ2) is 5.48. The summed E-state index contributed by atoms with van der Waals surface area (Å²) in [5.74, 6) is -0.137. The number of anilines is 1. The Morgan fingerprint density at radius 1 is 1.32 bits per heavy atom. The molecule has 1 aromatic carbocycles. The first kappa shape index (κ1) is 14.3. The van der Waals surface area contributed by atoms with Crippen molar-refractivity contribution < 1.29 is 12.8 Å². The van der Waals surface area contributed by atoms with Crippen LogP contribution in [-0.2, 0) is 15.9 Å². The first-order chi connectivity index (χ1) is 8.95. The van der Waals surface area contributed by atoms with Crippen LogP contribution in [0, 0.1) is 5.82 Å². The average Bonchev–Trinajstić information content (AvgIpc) is 2.88. The van der Waals surface area contributed by atoms with Crippen molar-refractivity contribution in [3.63, 3.8) is 0 Å². The number of rotatable bonds is 4. The van der Waals surface area contributed by atoms with Gasteiger partial charge in [-0.25, -0.2) is 12.8 Å². The van der Waals surface area contributed by atoms with Gasteiger partial charge in [-0.15, -0.1) is 22.9 Å². The van der Waals surface area contributed by atoms with Crippen molar-refractivity contribution in [2.45, 2.75) is 10.1 Å². The Labute approximate surface area is 120 Å². The molecule has 0 saturated carbocycles. The van der Waals surface area contributed by atoms with Crippen molar-refractivity contribution in [3.8, 4) is 0 Å². The SMILES string of the molecule is CN(c1ccc(F)cc1)S(=O)(=O)c1cc(CCl)cs1. The number of hydrogen-bond donors (Lipinski definition) is 0. The molecule has 0 saturated heterocycles. The smallest absolute Gasteiger partial charge is 0.269 e. The van der Waals surface area contributed by atoms with Gasteiger partial charge >= 0.3 is 0 Å². The Morgan fingerprint density at radius 3 is 2.47 bits per heavy atom. The van der Waals surface area contributed by atoms with Crippen LogP contribution in [0.3, 0.4) is 0 Å². The lowest BCUT2D eigenvalue weighted by Crippen LogP contribution is -2.25. The summed E-state index contributed by atoms with van der Waals surface area (Å²) in [6.07, 6.45) is 0. The van der Waals surface area contributed by atoms with Gasteiger partial charge in [-0.3, -0.25) is 4.31 Å². The van der Waals surface area contributed by atoms with Crippen molar-refractivity contribution in [1.82, 2.24) is 0 Å². The minimum atomic E-state index is -3.62. The lowest BCUT2D eigenvalue weighted by molar-refractivity contribution is 0.596. The van der Waals surface area contributed by atoms with Gasteiger partial charge in [0.15, 0.2) is 0 Å². The zero-order valence-electron chi connectivity index (χ0n) is 10.0. The van der Waals surface area contributed by atoms with E-state index in [1.165, 1.54) is 31.3 Å². The topological polar surface area (TPSA) is 37.4 Å².